The zero-order valence-electron chi connectivity index (χ0n) is 15.3. The first kappa shape index (κ1) is 19.9. The molecule has 2 aromatic carbocycles. The van der Waals surface area contributed by atoms with Crippen molar-refractivity contribution in [2.45, 2.75) is 27.7 Å². The van der Waals surface area contributed by atoms with E-state index in [1.165, 1.54) is 17.4 Å². The number of sulfone groups is 1. The van der Waals surface area contributed by atoms with Gasteiger partial charge in [0.25, 0.3) is 0 Å². The second-order valence-corrected chi connectivity index (χ2v) is 10.0. The topological polar surface area (TPSA) is 60.2 Å². The van der Waals surface area contributed by atoms with Gasteiger partial charge < -0.3 is 4.42 Å². The van der Waals surface area contributed by atoms with Gasteiger partial charge in [-0.2, -0.15) is 4.98 Å². The van der Waals surface area contributed by atoms with Crippen molar-refractivity contribution in [1.29, 1.82) is 0 Å². The predicted molar refractivity (Wildman–Crippen MR) is 112 cm³/mol. The monoisotopic (exact) mass is 445 g/mol. The normalized spacial score (nSPS) is 11.7. The molecule has 2 heterocycles. The molecule has 0 fully saturated rings. The SMILES string of the molecule is Cc1ccc(S(=O)(=O)c2nc(-c3cccs3)oc2SCc2ccccc2F)cc1. The van der Waals surface area contributed by atoms with Crippen molar-refractivity contribution in [3.63, 3.8) is 0 Å². The first-order valence-electron chi connectivity index (χ1n) is 8.68. The van der Waals surface area contributed by atoms with E-state index in [1.54, 1.807) is 42.5 Å². The van der Waals surface area contributed by atoms with Crippen LogP contribution in [0.5, 0.6) is 0 Å². The Labute approximate surface area is 176 Å². The minimum Gasteiger partial charge on any atom is -0.428 e. The molecule has 0 aliphatic carbocycles. The molecule has 4 aromatic rings. The Bertz CT molecular complexity index is 1230. The van der Waals surface area contributed by atoms with Crippen molar-refractivity contribution >= 4 is 32.9 Å². The van der Waals surface area contributed by atoms with E-state index in [0.29, 0.717) is 5.56 Å². The Morgan fingerprint density at radius 1 is 1.07 bits per heavy atom. The van der Waals surface area contributed by atoms with E-state index in [9.17, 15) is 12.8 Å². The summed E-state index contributed by atoms with van der Waals surface area (Å²) in [5.74, 6) is 0.116. The van der Waals surface area contributed by atoms with E-state index in [4.69, 9.17) is 4.42 Å². The number of aromatic nitrogens is 1. The summed E-state index contributed by atoms with van der Waals surface area (Å²) in [6.45, 7) is 1.89. The number of aryl methyl sites for hydroxylation is 1. The van der Waals surface area contributed by atoms with E-state index in [1.807, 2.05) is 24.4 Å². The second kappa shape index (κ2) is 8.14. The van der Waals surface area contributed by atoms with Crippen LogP contribution in [0.2, 0.25) is 0 Å². The highest BCUT2D eigenvalue weighted by molar-refractivity contribution is 7.99. The van der Waals surface area contributed by atoms with E-state index in [2.05, 4.69) is 4.98 Å². The molecule has 0 bridgehead atoms. The smallest absolute Gasteiger partial charge is 0.238 e. The third kappa shape index (κ3) is 4.14. The highest BCUT2D eigenvalue weighted by atomic mass is 32.2. The van der Waals surface area contributed by atoms with Crippen molar-refractivity contribution in [2.24, 2.45) is 0 Å². The lowest BCUT2D eigenvalue weighted by atomic mass is 10.2. The molecule has 29 heavy (non-hydrogen) atoms. The fraction of sp³-hybridized carbons (Fsp3) is 0.0952. The highest BCUT2D eigenvalue weighted by Crippen LogP contribution is 2.37. The van der Waals surface area contributed by atoms with E-state index in [0.717, 1.165) is 22.2 Å². The number of nitrogens with zero attached hydrogens (tertiary/aromatic N) is 1. The van der Waals surface area contributed by atoms with Crippen molar-refractivity contribution in [2.75, 3.05) is 0 Å². The van der Waals surface area contributed by atoms with Crippen LogP contribution in [-0.4, -0.2) is 13.4 Å². The minimum absolute atomic E-state index is 0.141. The van der Waals surface area contributed by atoms with Crippen LogP contribution in [0.3, 0.4) is 0 Å². The van der Waals surface area contributed by atoms with Crippen LogP contribution >= 0.6 is 23.1 Å². The summed E-state index contributed by atoms with van der Waals surface area (Å²) >= 11 is 2.52. The molecule has 0 amide bonds. The third-order valence-corrected chi connectivity index (χ3v) is 7.86. The fourth-order valence-electron chi connectivity index (χ4n) is 2.65. The summed E-state index contributed by atoms with van der Waals surface area (Å²) in [6, 6.07) is 16.6. The van der Waals surface area contributed by atoms with Crippen LogP contribution in [0.1, 0.15) is 11.1 Å². The van der Waals surface area contributed by atoms with Crippen LogP contribution in [-0.2, 0) is 15.6 Å². The molecule has 0 aliphatic heterocycles. The van der Waals surface area contributed by atoms with Gasteiger partial charge in [-0.3, -0.25) is 0 Å². The number of oxazole rings is 1. The molecule has 4 rings (SSSR count). The summed E-state index contributed by atoms with van der Waals surface area (Å²) in [7, 11) is -3.89. The zero-order chi connectivity index (χ0) is 20.4. The van der Waals surface area contributed by atoms with Crippen LogP contribution in [0, 0.1) is 12.7 Å². The molecule has 0 N–H and O–H groups in total. The fourth-order valence-corrected chi connectivity index (χ4v) is 5.81. The van der Waals surface area contributed by atoms with E-state index in [-0.39, 0.29) is 32.5 Å². The predicted octanol–water partition coefficient (Wildman–Crippen LogP) is 5.98. The maximum atomic E-state index is 14.0. The maximum absolute atomic E-state index is 14.0. The standard InChI is InChI=1S/C21H16FNO3S3/c1-14-8-10-16(11-9-14)29(24,25)20-21(26-19(23-20)18-7-4-12-27-18)28-13-15-5-2-3-6-17(15)22/h2-12H,13H2,1H3. The van der Waals surface area contributed by atoms with Gasteiger partial charge >= 0.3 is 0 Å². The Kier molecular flexibility index (Phi) is 5.58. The van der Waals surface area contributed by atoms with E-state index >= 15 is 0 Å². The van der Waals surface area contributed by atoms with Gasteiger partial charge in [-0.25, -0.2) is 12.8 Å². The second-order valence-electron chi connectivity index (χ2n) is 6.29. The summed E-state index contributed by atoms with van der Waals surface area (Å²) < 4.78 is 46.2. The number of halogens is 1. The molecular weight excluding hydrogens is 429 g/mol. The summed E-state index contributed by atoms with van der Waals surface area (Å²) in [6.07, 6.45) is 0. The van der Waals surface area contributed by atoms with Gasteiger partial charge in [0.1, 0.15) is 5.82 Å². The number of hydrogen-bond acceptors (Lipinski definition) is 6. The molecule has 0 saturated carbocycles. The molecule has 0 atom stereocenters. The quantitative estimate of drug-likeness (QED) is 0.342. The average Bonchev–Trinajstić information content (AvgIpc) is 3.38. The van der Waals surface area contributed by atoms with Crippen molar-refractivity contribution in [1.82, 2.24) is 4.98 Å². The Morgan fingerprint density at radius 2 is 1.83 bits per heavy atom. The van der Waals surface area contributed by atoms with Gasteiger partial charge in [0.2, 0.25) is 25.8 Å². The third-order valence-electron chi connectivity index (χ3n) is 4.20. The van der Waals surface area contributed by atoms with Gasteiger partial charge in [0.05, 0.1) is 9.77 Å². The summed E-state index contributed by atoms with van der Waals surface area (Å²) in [4.78, 5) is 5.16. The van der Waals surface area contributed by atoms with Gasteiger partial charge in [-0.1, -0.05) is 53.7 Å². The molecule has 8 heteroatoms. The molecular formula is C21H16FNO3S3. The molecule has 148 valence electrons. The van der Waals surface area contributed by atoms with Gasteiger partial charge in [-0.05, 0) is 42.1 Å². The van der Waals surface area contributed by atoms with Gasteiger partial charge in [0.15, 0.2) is 0 Å². The summed E-state index contributed by atoms with van der Waals surface area (Å²) in [5.41, 5.74) is 1.42. The Hall–Kier alpha value is -2.42. The molecule has 0 radical (unpaired) electrons. The van der Waals surface area contributed by atoms with Gasteiger partial charge in [0, 0.05) is 5.75 Å². The number of benzene rings is 2. The van der Waals surface area contributed by atoms with Crippen LogP contribution in [0.25, 0.3) is 10.8 Å². The lowest BCUT2D eigenvalue weighted by Crippen LogP contribution is -2.04. The maximum Gasteiger partial charge on any atom is 0.238 e. The average molecular weight is 446 g/mol. The first-order valence-corrected chi connectivity index (χ1v) is 12.0. The first-order chi connectivity index (χ1) is 13.9. The van der Waals surface area contributed by atoms with Crippen molar-refractivity contribution in [3.05, 3.63) is 83.0 Å². The van der Waals surface area contributed by atoms with Crippen molar-refractivity contribution in [3.8, 4) is 10.8 Å². The zero-order valence-corrected chi connectivity index (χ0v) is 17.8. The lowest BCUT2D eigenvalue weighted by Gasteiger charge is -2.05. The van der Waals surface area contributed by atoms with E-state index < -0.39 is 9.84 Å². The highest BCUT2D eigenvalue weighted by Gasteiger charge is 2.29. The molecule has 4 nitrogen and oxygen atoms in total. The number of hydrogen-bond donors (Lipinski definition) is 0. The largest absolute Gasteiger partial charge is 0.428 e. The molecule has 2 aromatic heterocycles. The van der Waals surface area contributed by atoms with Crippen LogP contribution in [0.15, 0.2) is 85.5 Å². The molecule has 0 spiro atoms. The molecule has 0 unspecified atom stereocenters. The van der Waals surface area contributed by atoms with Crippen LogP contribution in [0.4, 0.5) is 4.39 Å². The van der Waals surface area contributed by atoms with Crippen molar-refractivity contribution < 1.29 is 17.2 Å². The minimum atomic E-state index is -3.89. The number of rotatable bonds is 6. The Balaban J connectivity index is 1.75. The Morgan fingerprint density at radius 3 is 2.52 bits per heavy atom. The van der Waals surface area contributed by atoms with Crippen LogP contribution < -0.4 is 0 Å². The molecule has 0 saturated heterocycles. The molecule has 0 aliphatic rings. The number of thiophene rings is 1. The number of thioether (sulfide) groups is 1. The lowest BCUT2D eigenvalue weighted by molar-refractivity contribution is 0.471. The van der Waals surface area contributed by atoms with Gasteiger partial charge in [-0.15, -0.1) is 11.3 Å². The summed E-state index contributed by atoms with van der Waals surface area (Å²) in [5, 5.41) is 1.86.